The van der Waals surface area contributed by atoms with E-state index < -0.39 is 0 Å². The molecule has 3 aromatic rings. The molecule has 3 aromatic carbocycles. The molecule has 1 aliphatic heterocycles. The molecule has 0 fully saturated rings. The predicted octanol–water partition coefficient (Wildman–Crippen LogP) is 4.98. The van der Waals surface area contributed by atoms with Gasteiger partial charge in [0, 0.05) is 17.8 Å². The number of para-hydroxylation sites is 1. The normalized spacial score (nSPS) is 15.9. The first-order chi connectivity index (χ1) is 12.3. The number of halogens is 1. The molecule has 0 saturated heterocycles. The van der Waals surface area contributed by atoms with Gasteiger partial charge in [-0.05, 0) is 53.9 Å². The number of benzene rings is 3. The van der Waals surface area contributed by atoms with Crippen molar-refractivity contribution in [1.82, 2.24) is 0 Å². The van der Waals surface area contributed by atoms with E-state index in [1.165, 1.54) is 28.9 Å². The molecule has 25 heavy (non-hydrogen) atoms. The maximum Gasteiger partial charge on any atom is 0.123 e. The van der Waals surface area contributed by atoms with E-state index in [-0.39, 0.29) is 11.9 Å². The second kappa shape index (κ2) is 6.83. The molecule has 1 nitrogen and oxygen atoms in total. The second-order valence-corrected chi connectivity index (χ2v) is 6.16. The summed E-state index contributed by atoms with van der Waals surface area (Å²) < 4.78 is 13.1. The lowest BCUT2D eigenvalue weighted by atomic mass is 9.92. The number of hydrogen-bond donors (Lipinski definition) is 0. The SMILES string of the molecule is Fc1ccc(C#CC2c3ccccc3CCN2c2ccccc2)cc1. The van der Waals surface area contributed by atoms with E-state index in [0.717, 1.165) is 18.5 Å². The van der Waals surface area contributed by atoms with Gasteiger partial charge in [-0.2, -0.15) is 0 Å². The van der Waals surface area contributed by atoms with Gasteiger partial charge in [0.1, 0.15) is 11.9 Å². The molecule has 0 aliphatic carbocycles. The van der Waals surface area contributed by atoms with Crippen LogP contribution in [0, 0.1) is 17.7 Å². The number of fused-ring (bicyclic) bond motifs is 1. The molecule has 0 bridgehead atoms. The zero-order valence-corrected chi connectivity index (χ0v) is 13.8. The number of hydrogen-bond acceptors (Lipinski definition) is 1. The van der Waals surface area contributed by atoms with E-state index in [1.807, 2.05) is 6.07 Å². The van der Waals surface area contributed by atoms with Crippen molar-refractivity contribution in [3.8, 4) is 11.8 Å². The van der Waals surface area contributed by atoms with Crippen molar-refractivity contribution in [3.63, 3.8) is 0 Å². The molecule has 1 heterocycles. The minimum absolute atomic E-state index is 0.00240. The van der Waals surface area contributed by atoms with Crippen molar-refractivity contribution in [2.75, 3.05) is 11.4 Å². The molecule has 122 valence electrons. The zero-order valence-electron chi connectivity index (χ0n) is 13.8. The highest BCUT2D eigenvalue weighted by Crippen LogP contribution is 2.33. The maximum absolute atomic E-state index is 13.1. The summed E-state index contributed by atoms with van der Waals surface area (Å²) >= 11 is 0. The summed E-state index contributed by atoms with van der Waals surface area (Å²) in [6.45, 7) is 0.934. The monoisotopic (exact) mass is 327 g/mol. The number of rotatable bonds is 1. The first-order valence-corrected chi connectivity index (χ1v) is 8.48. The van der Waals surface area contributed by atoms with Crippen LogP contribution in [-0.4, -0.2) is 6.54 Å². The topological polar surface area (TPSA) is 3.24 Å². The minimum Gasteiger partial charge on any atom is -0.353 e. The lowest BCUT2D eigenvalue weighted by Crippen LogP contribution is -2.34. The molecular weight excluding hydrogens is 309 g/mol. The van der Waals surface area contributed by atoms with Gasteiger partial charge in [-0.15, -0.1) is 0 Å². The summed E-state index contributed by atoms with van der Waals surface area (Å²) in [4.78, 5) is 2.35. The Morgan fingerprint density at radius 3 is 2.36 bits per heavy atom. The highest BCUT2D eigenvalue weighted by Gasteiger charge is 2.25. The van der Waals surface area contributed by atoms with Gasteiger partial charge in [0.15, 0.2) is 0 Å². The molecule has 0 spiro atoms. The van der Waals surface area contributed by atoms with Gasteiger partial charge in [0.05, 0.1) is 0 Å². The van der Waals surface area contributed by atoms with Gasteiger partial charge < -0.3 is 4.90 Å². The Balaban J connectivity index is 1.75. The Hall–Kier alpha value is -3.05. The van der Waals surface area contributed by atoms with Crippen molar-refractivity contribution < 1.29 is 4.39 Å². The second-order valence-electron chi connectivity index (χ2n) is 6.16. The predicted molar refractivity (Wildman–Crippen MR) is 100.0 cm³/mol. The fourth-order valence-corrected chi connectivity index (χ4v) is 3.30. The smallest absolute Gasteiger partial charge is 0.123 e. The molecule has 2 heteroatoms. The Morgan fingerprint density at radius 2 is 1.56 bits per heavy atom. The molecule has 0 amide bonds. The molecule has 0 aromatic heterocycles. The van der Waals surface area contributed by atoms with Gasteiger partial charge in [0.2, 0.25) is 0 Å². The Bertz CT molecular complexity index is 920. The van der Waals surface area contributed by atoms with Crippen LogP contribution in [0.3, 0.4) is 0 Å². The largest absolute Gasteiger partial charge is 0.353 e. The summed E-state index contributed by atoms with van der Waals surface area (Å²) in [7, 11) is 0. The third-order valence-corrected chi connectivity index (χ3v) is 4.57. The highest BCUT2D eigenvalue weighted by molar-refractivity contribution is 5.55. The van der Waals surface area contributed by atoms with Crippen LogP contribution < -0.4 is 4.90 Å². The molecule has 1 atom stereocenters. The summed E-state index contributed by atoms with van der Waals surface area (Å²) in [6, 6.07) is 25.2. The van der Waals surface area contributed by atoms with Crippen molar-refractivity contribution in [1.29, 1.82) is 0 Å². The third kappa shape index (κ3) is 3.27. The van der Waals surface area contributed by atoms with Crippen molar-refractivity contribution >= 4 is 5.69 Å². The van der Waals surface area contributed by atoms with E-state index >= 15 is 0 Å². The van der Waals surface area contributed by atoms with Gasteiger partial charge in [0.25, 0.3) is 0 Å². The number of anilines is 1. The van der Waals surface area contributed by atoms with Crippen LogP contribution in [0.4, 0.5) is 10.1 Å². The van der Waals surface area contributed by atoms with E-state index in [1.54, 1.807) is 12.1 Å². The average molecular weight is 327 g/mol. The van der Waals surface area contributed by atoms with Crippen LogP contribution in [0.25, 0.3) is 0 Å². The fraction of sp³-hybridized carbons (Fsp3) is 0.130. The van der Waals surface area contributed by atoms with Crippen LogP contribution in [-0.2, 0) is 6.42 Å². The highest BCUT2D eigenvalue weighted by atomic mass is 19.1. The van der Waals surface area contributed by atoms with Crippen LogP contribution in [0.15, 0.2) is 78.9 Å². The Kier molecular flexibility index (Phi) is 4.23. The standard InChI is InChI=1S/C23H18FN/c24-20-13-10-18(11-14-20)12-15-23-22-9-5-4-6-19(22)16-17-25(23)21-7-2-1-3-8-21/h1-11,13-14,23H,16-17H2. The molecule has 0 saturated carbocycles. The van der Waals surface area contributed by atoms with E-state index in [4.69, 9.17) is 0 Å². The quantitative estimate of drug-likeness (QED) is 0.570. The van der Waals surface area contributed by atoms with E-state index in [9.17, 15) is 4.39 Å². The van der Waals surface area contributed by atoms with Crippen molar-refractivity contribution in [3.05, 3.63) is 101 Å². The summed E-state index contributed by atoms with van der Waals surface area (Å²) in [6.07, 6.45) is 1.01. The first-order valence-electron chi connectivity index (χ1n) is 8.48. The minimum atomic E-state index is -0.237. The lowest BCUT2D eigenvalue weighted by molar-refractivity contribution is 0.627. The average Bonchev–Trinajstić information content (AvgIpc) is 2.68. The Labute approximate surface area is 147 Å². The molecule has 0 N–H and O–H groups in total. The van der Waals surface area contributed by atoms with E-state index in [2.05, 4.69) is 65.3 Å². The third-order valence-electron chi connectivity index (χ3n) is 4.57. The van der Waals surface area contributed by atoms with Gasteiger partial charge in [-0.3, -0.25) is 0 Å². The summed E-state index contributed by atoms with van der Waals surface area (Å²) in [5, 5.41) is 0. The van der Waals surface area contributed by atoms with Crippen molar-refractivity contribution in [2.45, 2.75) is 12.5 Å². The maximum atomic E-state index is 13.1. The first kappa shape index (κ1) is 15.5. The van der Waals surface area contributed by atoms with Crippen LogP contribution in [0.5, 0.6) is 0 Å². The molecule has 1 unspecified atom stereocenters. The van der Waals surface area contributed by atoms with Crippen molar-refractivity contribution in [2.24, 2.45) is 0 Å². The molecule has 1 aliphatic rings. The molecule has 4 rings (SSSR count). The van der Waals surface area contributed by atoms with Gasteiger partial charge in [-0.25, -0.2) is 4.39 Å². The van der Waals surface area contributed by atoms with Gasteiger partial charge >= 0.3 is 0 Å². The summed E-state index contributed by atoms with van der Waals surface area (Å²) in [5.74, 6) is 6.40. The molecule has 0 radical (unpaired) electrons. The van der Waals surface area contributed by atoms with Crippen LogP contribution in [0.1, 0.15) is 22.7 Å². The van der Waals surface area contributed by atoms with E-state index in [0.29, 0.717) is 0 Å². The fourth-order valence-electron chi connectivity index (χ4n) is 3.30. The molecular formula is C23H18FN. The lowest BCUT2D eigenvalue weighted by Gasteiger charge is -2.36. The van der Waals surface area contributed by atoms with Crippen LogP contribution in [0.2, 0.25) is 0 Å². The van der Waals surface area contributed by atoms with Crippen LogP contribution >= 0.6 is 0 Å². The number of nitrogens with zero attached hydrogens (tertiary/aromatic N) is 1. The zero-order chi connectivity index (χ0) is 17.1. The van der Waals surface area contributed by atoms with Gasteiger partial charge in [-0.1, -0.05) is 54.3 Å². The summed E-state index contributed by atoms with van der Waals surface area (Å²) in [5.41, 5.74) is 4.62. The Morgan fingerprint density at radius 1 is 0.840 bits per heavy atom.